The molecule has 1 saturated heterocycles. The maximum atomic E-state index is 12.5. The van der Waals surface area contributed by atoms with E-state index in [4.69, 9.17) is 0 Å². The van der Waals surface area contributed by atoms with Crippen LogP contribution in [0.3, 0.4) is 0 Å². The number of likely N-dealkylation sites (tertiary alicyclic amines) is 1. The molecule has 1 aliphatic rings. The number of guanidine groups is 1. The summed E-state index contributed by atoms with van der Waals surface area (Å²) in [5.41, 5.74) is 1.08. The summed E-state index contributed by atoms with van der Waals surface area (Å²) in [7, 11) is 0. The lowest BCUT2D eigenvalue weighted by atomic mass is 9.85. The lowest BCUT2D eigenvalue weighted by Gasteiger charge is -2.25. The van der Waals surface area contributed by atoms with Crippen LogP contribution in [-0.2, 0) is 5.41 Å². The second kappa shape index (κ2) is 10.5. The molecule has 0 aromatic heterocycles. The smallest absolute Gasteiger partial charge is 0.357 e. The first-order chi connectivity index (χ1) is 12.2. The van der Waals surface area contributed by atoms with Gasteiger partial charge < -0.3 is 10.6 Å². The van der Waals surface area contributed by atoms with Gasteiger partial charge in [-0.15, -0.1) is 24.0 Å². The molecule has 27 heavy (non-hydrogen) atoms. The number of benzene rings is 1. The van der Waals surface area contributed by atoms with Crippen molar-refractivity contribution in [3.05, 3.63) is 35.9 Å². The summed E-state index contributed by atoms with van der Waals surface area (Å²) >= 11 is 0. The summed E-state index contributed by atoms with van der Waals surface area (Å²) in [6.07, 6.45) is -3.46. The third kappa shape index (κ3) is 8.25. The predicted molar refractivity (Wildman–Crippen MR) is 115 cm³/mol. The Morgan fingerprint density at radius 2 is 1.89 bits per heavy atom. The Labute approximate surface area is 177 Å². The molecule has 0 spiro atoms. The van der Waals surface area contributed by atoms with Gasteiger partial charge in [0.05, 0.1) is 13.1 Å². The van der Waals surface area contributed by atoms with Crippen LogP contribution in [-0.4, -0.2) is 55.8 Å². The fourth-order valence-electron chi connectivity index (χ4n) is 3.12. The zero-order chi connectivity index (χ0) is 19.2. The number of hydrogen-bond acceptors (Lipinski definition) is 2. The number of hydrogen-bond donors (Lipinski definition) is 2. The standard InChI is InChI=1S/C19H29F3N4.HI/c1-4-23-17(24-13-18(2,3)15-8-6-5-7-9-15)25-16-10-11-26(12-16)14-19(20,21)22;/h5-9,16H,4,10-14H2,1-3H3,(H2,23,24,25);1H. The predicted octanol–water partition coefficient (Wildman–Crippen LogP) is 3.77. The molecule has 1 fully saturated rings. The second-order valence-electron chi connectivity index (χ2n) is 7.43. The molecular formula is C19H30F3IN4. The Bertz CT molecular complexity index is 590. The zero-order valence-electron chi connectivity index (χ0n) is 16.1. The van der Waals surface area contributed by atoms with Crippen LogP contribution < -0.4 is 10.6 Å². The lowest BCUT2D eigenvalue weighted by Crippen LogP contribution is -2.45. The Morgan fingerprint density at radius 3 is 2.48 bits per heavy atom. The molecule has 2 N–H and O–H groups in total. The minimum Gasteiger partial charge on any atom is -0.357 e. The molecular weight excluding hydrogens is 468 g/mol. The summed E-state index contributed by atoms with van der Waals surface area (Å²) in [4.78, 5) is 6.12. The number of nitrogens with zero attached hydrogens (tertiary/aromatic N) is 2. The molecule has 1 aromatic carbocycles. The summed E-state index contributed by atoms with van der Waals surface area (Å²) < 4.78 is 37.6. The van der Waals surface area contributed by atoms with Crippen LogP contribution in [0.5, 0.6) is 0 Å². The van der Waals surface area contributed by atoms with Crippen molar-refractivity contribution >= 4 is 29.9 Å². The summed E-state index contributed by atoms with van der Waals surface area (Å²) in [5.74, 6) is 0.662. The zero-order valence-corrected chi connectivity index (χ0v) is 18.5. The number of halogens is 4. The first kappa shape index (κ1) is 24.0. The first-order valence-corrected chi connectivity index (χ1v) is 9.09. The molecule has 154 valence electrons. The van der Waals surface area contributed by atoms with Crippen molar-refractivity contribution in [2.24, 2.45) is 4.99 Å². The van der Waals surface area contributed by atoms with Gasteiger partial charge in [0.15, 0.2) is 5.96 Å². The normalized spacial score (nSPS) is 18.9. The molecule has 1 heterocycles. The largest absolute Gasteiger partial charge is 0.401 e. The van der Waals surface area contributed by atoms with E-state index in [9.17, 15) is 13.2 Å². The lowest BCUT2D eigenvalue weighted by molar-refractivity contribution is -0.143. The Morgan fingerprint density at radius 1 is 1.22 bits per heavy atom. The van der Waals surface area contributed by atoms with Gasteiger partial charge in [-0.05, 0) is 18.9 Å². The van der Waals surface area contributed by atoms with Crippen molar-refractivity contribution in [1.82, 2.24) is 15.5 Å². The van der Waals surface area contributed by atoms with Crippen molar-refractivity contribution in [3.63, 3.8) is 0 Å². The number of alkyl halides is 3. The van der Waals surface area contributed by atoms with Gasteiger partial charge in [-0.25, -0.2) is 0 Å². The third-order valence-corrected chi connectivity index (χ3v) is 4.55. The molecule has 1 aliphatic heterocycles. The Kier molecular flexibility index (Phi) is 9.33. The topological polar surface area (TPSA) is 39.7 Å². The van der Waals surface area contributed by atoms with Crippen LogP contribution in [0.2, 0.25) is 0 Å². The SMILES string of the molecule is CCNC(=NCC(C)(C)c1ccccc1)NC1CCN(CC(F)(F)F)C1.I. The van der Waals surface area contributed by atoms with Gasteiger partial charge in [0.1, 0.15) is 0 Å². The van der Waals surface area contributed by atoms with Crippen molar-refractivity contribution < 1.29 is 13.2 Å². The highest BCUT2D eigenvalue weighted by molar-refractivity contribution is 14.0. The minimum atomic E-state index is -4.15. The maximum absolute atomic E-state index is 12.5. The number of rotatable bonds is 6. The maximum Gasteiger partial charge on any atom is 0.401 e. The van der Waals surface area contributed by atoms with Crippen molar-refractivity contribution in [2.75, 3.05) is 32.7 Å². The van der Waals surface area contributed by atoms with Gasteiger partial charge in [-0.2, -0.15) is 13.2 Å². The van der Waals surface area contributed by atoms with E-state index < -0.39 is 12.7 Å². The van der Waals surface area contributed by atoms with Gasteiger partial charge in [0.2, 0.25) is 0 Å². The van der Waals surface area contributed by atoms with Crippen molar-refractivity contribution in [3.8, 4) is 0 Å². The van der Waals surface area contributed by atoms with Crippen LogP contribution in [0.15, 0.2) is 35.3 Å². The molecule has 1 atom stereocenters. The monoisotopic (exact) mass is 498 g/mol. The van der Waals surface area contributed by atoms with E-state index in [1.807, 2.05) is 25.1 Å². The molecule has 0 amide bonds. The van der Waals surface area contributed by atoms with Crippen molar-refractivity contribution in [1.29, 1.82) is 0 Å². The van der Waals surface area contributed by atoms with Gasteiger partial charge in [0.25, 0.3) is 0 Å². The fourth-order valence-corrected chi connectivity index (χ4v) is 3.12. The third-order valence-electron chi connectivity index (χ3n) is 4.55. The first-order valence-electron chi connectivity index (χ1n) is 9.09. The van der Waals surface area contributed by atoms with Gasteiger partial charge >= 0.3 is 6.18 Å². The van der Waals surface area contributed by atoms with E-state index in [-0.39, 0.29) is 35.4 Å². The van der Waals surface area contributed by atoms with Crippen LogP contribution >= 0.6 is 24.0 Å². The van der Waals surface area contributed by atoms with Crippen LogP contribution in [0, 0.1) is 0 Å². The average Bonchev–Trinajstić information content (AvgIpc) is 2.99. The molecule has 1 unspecified atom stereocenters. The minimum absolute atomic E-state index is 0. The Balaban J connectivity index is 0.00000364. The van der Waals surface area contributed by atoms with E-state index in [0.717, 1.165) is 0 Å². The molecule has 0 aliphatic carbocycles. The van der Waals surface area contributed by atoms with E-state index in [0.29, 0.717) is 38.6 Å². The summed E-state index contributed by atoms with van der Waals surface area (Å²) in [6.45, 7) is 7.52. The summed E-state index contributed by atoms with van der Waals surface area (Å²) in [5, 5.41) is 6.48. The van der Waals surface area contributed by atoms with E-state index in [2.05, 4.69) is 41.6 Å². The number of nitrogens with one attached hydrogen (secondary N) is 2. The molecule has 0 saturated carbocycles. The van der Waals surface area contributed by atoms with Gasteiger partial charge in [-0.1, -0.05) is 44.2 Å². The fraction of sp³-hybridized carbons (Fsp3) is 0.632. The average molecular weight is 498 g/mol. The highest BCUT2D eigenvalue weighted by Gasteiger charge is 2.34. The highest BCUT2D eigenvalue weighted by atomic mass is 127. The molecule has 0 radical (unpaired) electrons. The molecule has 8 heteroatoms. The van der Waals surface area contributed by atoms with Crippen molar-refractivity contribution in [2.45, 2.75) is 44.8 Å². The van der Waals surface area contributed by atoms with Gasteiger partial charge in [-0.3, -0.25) is 9.89 Å². The molecule has 0 bridgehead atoms. The summed E-state index contributed by atoms with van der Waals surface area (Å²) in [6, 6.07) is 10.2. The molecule has 2 rings (SSSR count). The van der Waals surface area contributed by atoms with E-state index in [1.54, 1.807) is 0 Å². The number of aliphatic imine (C=N–C) groups is 1. The van der Waals surface area contributed by atoms with Crippen LogP contribution in [0.1, 0.15) is 32.8 Å². The van der Waals surface area contributed by atoms with Crippen LogP contribution in [0.25, 0.3) is 0 Å². The van der Waals surface area contributed by atoms with Crippen LogP contribution in [0.4, 0.5) is 13.2 Å². The van der Waals surface area contributed by atoms with E-state index in [1.165, 1.54) is 10.5 Å². The van der Waals surface area contributed by atoms with E-state index >= 15 is 0 Å². The quantitative estimate of drug-likeness (QED) is 0.357. The molecule has 1 aromatic rings. The highest BCUT2D eigenvalue weighted by Crippen LogP contribution is 2.23. The molecule has 4 nitrogen and oxygen atoms in total. The second-order valence-corrected chi connectivity index (χ2v) is 7.43. The van der Waals surface area contributed by atoms with Gasteiger partial charge in [0, 0.05) is 31.1 Å². The Hall–Kier alpha value is -1.03.